The Balaban J connectivity index is 1.85. The molecule has 2 aromatic rings. The number of para-hydroxylation sites is 1. The van der Waals surface area contributed by atoms with Crippen molar-refractivity contribution in [3.63, 3.8) is 0 Å². The van der Waals surface area contributed by atoms with Crippen LogP contribution in [0.1, 0.15) is 12.5 Å². The average Bonchev–Trinajstić information content (AvgIpc) is 2.85. The summed E-state index contributed by atoms with van der Waals surface area (Å²) in [5, 5.41) is 11.8. The average molecular weight is 413 g/mol. The Bertz CT molecular complexity index is 906. The molecule has 0 spiro atoms. The number of thioether (sulfide) groups is 1. The quantitative estimate of drug-likeness (QED) is 0.787. The van der Waals surface area contributed by atoms with E-state index in [9.17, 15) is 14.4 Å². The third kappa shape index (κ3) is 4.71. The van der Waals surface area contributed by atoms with E-state index in [-0.39, 0.29) is 5.91 Å². The summed E-state index contributed by atoms with van der Waals surface area (Å²) in [6.45, 7) is 1.88. The number of hydrogen-bond acceptors (Lipinski definition) is 4. The SMILES string of the molecule is CC(C(=O)NC1CSc2ccccc2N(Cc2ccccc2)C1=O)N(C)C(=O)O. The lowest BCUT2D eigenvalue weighted by Crippen LogP contribution is -2.54. The number of amides is 3. The first-order valence-electron chi connectivity index (χ1n) is 9.21. The molecule has 1 aliphatic rings. The minimum atomic E-state index is -1.20. The molecule has 0 fully saturated rings. The first-order valence-corrected chi connectivity index (χ1v) is 10.2. The molecule has 0 saturated heterocycles. The van der Waals surface area contributed by atoms with Crippen LogP contribution < -0.4 is 10.2 Å². The number of hydrogen-bond donors (Lipinski definition) is 2. The van der Waals surface area contributed by atoms with Gasteiger partial charge in [-0.3, -0.25) is 14.5 Å². The van der Waals surface area contributed by atoms with Gasteiger partial charge in [0.2, 0.25) is 5.91 Å². The Morgan fingerprint density at radius 1 is 1.21 bits per heavy atom. The molecule has 1 aliphatic heterocycles. The largest absolute Gasteiger partial charge is 0.465 e. The van der Waals surface area contributed by atoms with E-state index in [0.717, 1.165) is 21.0 Å². The van der Waals surface area contributed by atoms with Crippen molar-refractivity contribution in [2.75, 3.05) is 17.7 Å². The smallest absolute Gasteiger partial charge is 0.407 e. The van der Waals surface area contributed by atoms with Crippen LogP contribution in [0.3, 0.4) is 0 Å². The second-order valence-electron chi connectivity index (χ2n) is 6.82. The number of carboxylic acid groups (broad SMARTS) is 1. The lowest BCUT2D eigenvalue weighted by molar-refractivity contribution is -0.129. The monoisotopic (exact) mass is 413 g/mol. The van der Waals surface area contributed by atoms with Crippen LogP contribution in [0.4, 0.5) is 10.5 Å². The number of nitrogens with one attached hydrogen (secondary N) is 1. The number of rotatable bonds is 5. The highest BCUT2D eigenvalue weighted by Crippen LogP contribution is 2.35. The predicted molar refractivity (Wildman–Crippen MR) is 112 cm³/mol. The van der Waals surface area contributed by atoms with Crippen LogP contribution in [0.2, 0.25) is 0 Å². The summed E-state index contributed by atoms with van der Waals surface area (Å²) in [4.78, 5) is 40.6. The molecule has 7 nitrogen and oxygen atoms in total. The van der Waals surface area contributed by atoms with Crippen molar-refractivity contribution in [3.8, 4) is 0 Å². The zero-order chi connectivity index (χ0) is 21.0. The maximum atomic E-state index is 13.3. The Morgan fingerprint density at radius 2 is 1.86 bits per heavy atom. The van der Waals surface area contributed by atoms with Gasteiger partial charge >= 0.3 is 6.09 Å². The van der Waals surface area contributed by atoms with Gasteiger partial charge in [0, 0.05) is 17.7 Å². The summed E-state index contributed by atoms with van der Waals surface area (Å²) < 4.78 is 0. The van der Waals surface area contributed by atoms with Crippen LogP contribution in [0, 0.1) is 0 Å². The van der Waals surface area contributed by atoms with E-state index in [1.165, 1.54) is 25.7 Å². The molecule has 152 valence electrons. The summed E-state index contributed by atoms with van der Waals surface area (Å²) in [5.41, 5.74) is 1.78. The van der Waals surface area contributed by atoms with E-state index in [2.05, 4.69) is 5.32 Å². The van der Waals surface area contributed by atoms with Crippen molar-refractivity contribution < 1.29 is 19.5 Å². The van der Waals surface area contributed by atoms with E-state index in [0.29, 0.717) is 12.3 Å². The van der Waals surface area contributed by atoms with Gasteiger partial charge in [-0.1, -0.05) is 42.5 Å². The molecule has 8 heteroatoms. The van der Waals surface area contributed by atoms with Crippen LogP contribution >= 0.6 is 11.8 Å². The lowest BCUT2D eigenvalue weighted by atomic mass is 10.1. The number of carbonyl (C=O) groups is 3. The fourth-order valence-corrected chi connectivity index (χ4v) is 4.09. The molecule has 2 N–H and O–H groups in total. The fraction of sp³-hybridized carbons (Fsp3) is 0.286. The van der Waals surface area contributed by atoms with E-state index in [1.54, 1.807) is 4.90 Å². The molecule has 0 bridgehead atoms. The van der Waals surface area contributed by atoms with E-state index in [1.807, 2.05) is 54.6 Å². The number of anilines is 1. The van der Waals surface area contributed by atoms with Gasteiger partial charge in [0.1, 0.15) is 12.1 Å². The zero-order valence-electron chi connectivity index (χ0n) is 16.2. The van der Waals surface area contributed by atoms with Gasteiger partial charge in [0.15, 0.2) is 0 Å². The summed E-state index contributed by atoms with van der Waals surface area (Å²) in [5.74, 6) is -0.347. The third-order valence-electron chi connectivity index (χ3n) is 4.89. The van der Waals surface area contributed by atoms with Gasteiger partial charge in [0.05, 0.1) is 12.2 Å². The predicted octanol–water partition coefficient (Wildman–Crippen LogP) is 2.81. The molecule has 2 aromatic carbocycles. The first kappa shape index (κ1) is 20.7. The van der Waals surface area contributed by atoms with Gasteiger partial charge in [-0.2, -0.15) is 0 Å². The van der Waals surface area contributed by atoms with Crippen LogP contribution in [-0.4, -0.2) is 52.8 Å². The standard InChI is InChI=1S/C21H23N3O4S/c1-14(23(2)21(27)28)19(25)22-16-13-29-18-11-7-6-10-17(18)24(20(16)26)12-15-8-4-3-5-9-15/h3-11,14,16H,12-13H2,1-2H3,(H,22,25)(H,27,28). The van der Waals surface area contributed by atoms with E-state index < -0.39 is 24.1 Å². The molecular weight excluding hydrogens is 390 g/mol. The molecule has 2 atom stereocenters. The Hall–Kier alpha value is -3.00. The number of fused-ring (bicyclic) bond motifs is 1. The highest BCUT2D eigenvalue weighted by atomic mass is 32.2. The van der Waals surface area contributed by atoms with Crippen molar-refractivity contribution in [2.24, 2.45) is 0 Å². The maximum Gasteiger partial charge on any atom is 0.407 e. The third-order valence-corrected chi connectivity index (χ3v) is 6.04. The van der Waals surface area contributed by atoms with Crippen LogP contribution in [-0.2, 0) is 16.1 Å². The Labute approximate surface area is 173 Å². The van der Waals surface area contributed by atoms with Gasteiger partial charge in [-0.15, -0.1) is 11.8 Å². The first-order chi connectivity index (χ1) is 13.9. The molecule has 3 amide bonds. The molecular formula is C21H23N3O4S. The number of nitrogens with zero attached hydrogens (tertiary/aromatic N) is 2. The molecule has 3 rings (SSSR count). The normalized spacial score (nSPS) is 17.1. The molecule has 1 heterocycles. The van der Waals surface area contributed by atoms with E-state index >= 15 is 0 Å². The summed E-state index contributed by atoms with van der Waals surface area (Å²) in [6.07, 6.45) is -1.20. The second-order valence-corrected chi connectivity index (χ2v) is 7.88. The zero-order valence-corrected chi connectivity index (χ0v) is 17.1. The van der Waals surface area contributed by atoms with Crippen LogP contribution in [0.5, 0.6) is 0 Å². The van der Waals surface area contributed by atoms with E-state index in [4.69, 9.17) is 5.11 Å². The lowest BCUT2D eigenvalue weighted by Gasteiger charge is -2.27. The number of likely N-dealkylation sites (N-methyl/N-ethyl adjacent to an activating group) is 1. The van der Waals surface area contributed by atoms with Crippen molar-refractivity contribution in [3.05, 3.63) is 60.2 Å². The summed E-state index contributed by atoms with van der Waals surface area (Å²) in [7, 11) is 1.33. The second kappa shape index (κ2) is 9.00. The fourth-order valence-electron chi connectivity index (χ4n) is 3.02. The summed E-state index contributed by atoms with van der Waals surface area (Å²) in [6, 6.07) is 15.6. The molecule has 0 aromatic heterocycles. The van der Waals surface area contributed by atoms with Crippen molar-refractivity contribution in [2.45, 2.75) is 30.4 Å². The van der Waals surface area contributed by atoms with Crippen molar-refractivity contribution in [1.29, 1.82) is 0 Å². The van der Waals surface area contributed by atoms with Gasteiger partial charge in [-0.25, -0.2) is 4.79 Å². The molecule has 2 unspecified atom stereocenters. The van der Waals surface area contributed by atoms with Crippen LogP contribution in [0.25, 0.3) is 0 Å². The number of benzene rings is 2. The van der Waals surface area contributed by atoms with Crippen LogP contribution in [0.15, 0.2) is 59.5 Å². The summed E-state index contributed by atoms with van der Waals surface area (Å²) >= 11 is 1.50. The van der Waals surface area contributed by atoms with Gasteiger partial charge in [-0.05, 0) is 24.6 Å². The van der Waals surface area contributed by atoms with Crippen molar-refractivity contribution >= 4 is 35.4 Å². The van der Waals surface area contributed by atoms with Gasteiger partial charge in [0.25, 0.3) is 5.91 Å². The molecule has 0 saturated carbocycles. The van der Waals surface area contributed by atoms with Crippen molar-refractivity contribution in [1.82, 2.24) is 10.2 Å². The maximum absolute atomic E-state index is 13.3. The minimum Gasteiger partial charge on any atom is -0.465 e. The molecule has 0 aliphatic carbocycles. The Kier molecular flexibility index (Phi) is 6.43. The highest BCUT2D eigenvalue weighted by Gasteiger charge is 2.33. The number of carbonyl (C=O) groups excluding carboxylic acids is 2. The topological polar surface area (TPSA) is 90.0 Å². The van der Waals surface area contributed by atoms with Gasteiger partial charge < -0.3 is 15.3 Å². The highest BCUT2D eigenvalue weighted by molar-refractivity contribution is 7.99. The molecule has 29 heavy (non-hydrogen) atoms. The Morgan fingerprint density at radius 3 is 2.55 bits per heavy atom. The minimum absolute atomic E-state index is 0.218. The molecule has 0 radical (unpaired) electrons.